The summed E-state index contributed by atoms with van der Waals surface area (Å²) in [7, 11) is 0. The Kier molecular flexibility index (Phi) is 3.52. The summed E-state index contributed by atoms with van der Waals surface area (Å²) in [5.41, 5.74) is 8.00. The van der Waals surface area contributed by atoms with Gasteiger partial charge >= 0.3 is 0 Å². The van der Waals surface area contributed by atoms with Crippen LogP contribution in [0.5, 0.6) is 0 Å². The minimum Gasteiger partial charge on any atom is -0.398 e. The minimum absolute atomic E-state index is 0.0967. The fraction of sp³-hybridized carbons (Fsp3) is 0.500. The lowest BCUT2D eigenvalue weighted by Gasteiger charge is -2.24. The van der Waals surface area contributed by atoms with Crippen molar-refractivity contribution in [3.05, 3.63) is 28.2 Å². The summed E-state index contributed by atoms with van der Waals surface area (Å²) in [4.78, 5) is 0. The van der Waals surface area contributed by atoms with E-state index < -0.39 is 0 Å². The van der Waals surface area contributed by atoms with Crippen LogP contribution in [-0.2, 0) is 11.3 Å². The van der Waals surface area contributed by atoms with Crippen molar-refractivity contribution in [2.24, 2.45) is 0 Å². The van der Waals surface area contributed by atoms with Gasteiger partial charge in [-0.25, -0.2) is 0 Å². The summed E-state index contributed by atoms with van der Waals surface area (Å²) in [6, 6.07) is 6.00. The first kappa shape index (κ1) is 11.9. The molecule has 2 rings (SSSR count). The summed E-state index contributed by atoms with van der Waals surface area (Å²) >= 11 is 3.40. The molecule has 4 heteroatoms. The van der Waals surface area contributed by atoms with Gasteiger partial charge in [-0.2, -0.15) is 0 Å². The Balaban J connectivity index is 1.99. The van der Waals surface area contributed by atoms with Crippen molar-refractivity contribution in [1.29, 1.82) is 0 Å². The molecule has 0 spiro atoms. The molecular formula is C12H17BrN2O. The Morgan fingerprint density at radius 2 is 2.38 bits per heavy atom. The average Bonchev–Trinajstić information content (AvgIpc) is 2.64. The summed E-state index contributed by atoms with van der Waals surface area (Å²) in [6.45, 7) is 4.61. The maximum Gasteiger partial charge on any atom is 0.0646 e. The number of rotatable bonds is 3. The fourth-order valence-electron chi connectivity index (χ4n) is 1.84. The number of benzene rings is 1. The van der Waals surface area contributed by atoms with E-state index in [0.29, 0.717) is 0 Å². The van der Waals surface area contributed by atoms with Gasteiger partial charge in [-0.1, -0.05) is 22.0 Å². The van der Waals surface area contributed by atoms with Crippen LogP contribution in [0.15, 0.2) is 22.7 Å². The monoisotopic (exact) mass is 284 g/mol. The molecule has 1 saturated heterocycles. The van der Waals surface area contributed by atoms with E-state index in [1.54, 1.807) is 0 Å². The molecule has 1 aromatic rings. The molecule has 0 bridgehead atoms. The number of nitrogens with two attached hydrogens (primary N) is 1. The number of anilines is 1. The zero-order chi connectivity index (χ0) is 11.6. The van der Waals surface area contributed by atoms with Gasteiger partial charge in [0.25, 0.3) is 0 Å². The highest BCUT2D eigenvalue weighted by atomic mass is 79.9. The van der Waals surface area contributed by atoms with Crippen molar-refractivity contribution >= 4 is 21.6 Å². The van der Waals surface area contributed by atoms with Crippen molar-refractivity contribution in [1.82, 2.24) is 5.32 Å². The molecule has 1 aliphatic rings. The molecule has 16 heavy (non-hydrogen) atoms. The summed E-state index contributed by atoms with van der Waals surface area (Å²) in [5, 5.41) is 3.51. The van der Waals surface area contributed by atoms with Crippen LogP contribution in [0.4, 0.5) is 5.69 Å². The second-order valence-electron chi connectivity index (χ2n) is 4.56. The van der Waals surface area contributed by atoms with Gasteiger partial charge in [0, 0.05) is 28.9 Å². The van der Waals surface area contributed by atoms with Crippen LogP contribution < -0.4 is 11.1 Å². The van der Waals surface area contributed by atoms with Gasteiger partial charge in [0.2, 0.25) is 0 Å². The average molecular weight is 285 g/mol. The molecule has 0 aromatic heterocycles. The highest BCUT2D eigenvalue weighted by Crippen LogP contribution is 2.21. The number of halogens is 1. The van der Waals surface area contributed by atoms with Crippen LogP contribution in [0.1, 0.15) is 18.9 Å². The quantitative estimate of drug-likeness (QED) is 0.838. The van der Waals surface area contributed by atoms with Gasteiger partial charge in [0.05, 0.1) is 6.61 Å². The molecule has 0 saturated carbocycles. The van der Waals surface area contributed by atoms with Crippen LogP contribution in [-0.4, -0.2) is 18.8 Å². The second-order valence-corrected chi connectivity index (χ2v) is 5.48. The number of hydrogen-bond acceptors (Lipinski definition) is 3. The molecule has 3 nitrogen and oxygen atoms in total. The summed E-state index contributed by atoms with van der Waals surface area (Å²) in [5.74, 6) is 0. The van der Waals surface area contributed by atoms with Crippen molar-refractivity contribution < 1.29 is 4.74 Å². The van der Waals surface area contributed by atoms with E-state index in [9.17, 15) is 0 Å². The lowest BCUT2D eigenvalue weighted by molar-refractivity contribution is 0.171. The molecule has 0 radical (unpaired) electrons. The fourth-order valence-corrected chi connectivity index (χ4v) is 2.22. The predicted molar refractivity (Wildman–Crippen MR) is 69.2 cm³/mol. The van der Waals surface area contributed by atoms with Gasteiger partial charge < -0.3 is 15.8 Å². The first-order valence-corrected chi connectivity index (χ1v) is 6.25. The van der Waals surface area contributed by atoms with Crippen LogP contribution in [0.2, 0.25) is 0 Å². The predicted octanol–water partition coefficient (Wildman–Crippen LogP) is 2.30. The normalized spacial score (nSPS) is 24.9. The molecule has 3 N–H and O–H groups in total. The number of hydrogen-bond donors (Lipinski definition) is 2. The van der Waals surface area contributed by atoms with Crippen molar-refractivity contribution in [3.8, 4) is 0 Å². The van der Waals surface area contributed by atoms with Crippen molar-refractivity contribution in [3.63, 3.8) is 0 Å². The van der Waals surface area contributed by atoms with E-state index in [-0.39, 0.29) is 5.54 Å². The third-order valence-electron chi connectivity index (χ3n) is 3.03. The SMILES string of the molecule is CC1(NCc2ccc(Br)cc2N)CCOC1. The standard InChI is InChI=1S/C12H17BrN2O/c1-12(4-5-16-8-12)15-7-9-2-3-10(13)6-11(9)14/h2-3,6,15H,4-5,7-8,14H2,1H3. The van der Waals surface area contributed by atoms with E-state index in [0.717, 1.165) is 41.9 Å². The molecule has 88 valence electrons. The highest BCUT2D eigenvalue weighted by molar-refractivity contribution is 9.10. The van der Waals surface area contributed by atoms with Crippen LogP contribution >= 0.6 is 15.9 Å². The topological polar surface area (TPSA) is 47.3 Å². The number of nitrogens with one attached hydrogen (secondary N) is 1. The van der Waals surface area contributed by atoms with Gasteiger partial charge in [-0.15, -0.1) is 0 Å². The Hall–Kier alpha value is -0.580. The largest absolute Gasteiger partial charge is 0.398 e. The van der Waals surface area contributed by atoms with E-state index in [2.05, 4.69) is 28.2 Å². The first-order valence-electron chi connectivity index (χ1n) is 5.46. The molecule has 1 unspecified atom stereocenters. The molecule has 1 aromatic carbocycles. The first-order chi connectivity index (χ1) is 7.59. The van der Waals surface area contributed by atoms with Crippen LogP contribution in [0.3, 0.4) is 0 Å². The van der Waals surface area contributed by atoms with E-state index in [4.69, 9.17) is 10.5 Å². The maximum absolute atomic E-state index is 5.95. The summed E-state index contributed by atoms with van der Waals surface area (Å²) in [6.07, 6.45) is 1.06. The lowest BCUT2D eigenvalue weighted by Crippen LogP contribution is -2.42. The molecule has 1 fully saturated rings. The van der Waals surface area contributed by atoms with Crippen molar-refractivity contribution in [2.45, 2.75) is 25.4 Å². The zero-order valence-corrected chi connectivity index (χ0v) is 11.0. The van der Waals surface area contributed by atoms with E-state index >= 15 is 0 Å². The Labute approximate surface area is 104 Å². The van der Waals surface area contributed by atoms with Gasteiger partial charge in [-0.05, 0) is 31.0 Å². The second kappa shape index (κ2) is 4.73. The third kappa shape index (κ3) is 2.75. The molecular weight excluding hydrogens is 268 g/mol. The molecule has 1 atom stereocenters. The Bertz CT molecular complexity index is 375. The molecule has 1 aliphatic heterocycles. The van der Waals surface area contributed by atoms with Crippen LogP contribution in [0, 0.1) is 0 Å². The minimum atomic E-state index is 0.0967. The third-order valence-corrected chi connectivity index (χ3v) is 3.53. The highest BCUT2D eigenvalue weighted by Gasteiger charge is 2.28. The number of ether oxygens (including phenoxy) is 1. The summed E-state index contributed by atoms with van der Waals surface area (Å²) < 4.78 is 6.41. The van der Waals surface area contributed by atoms with E-state index in [1.807, 2.05) is 18.2 Å². The van der Waals surface area contributed by atoms with Gasteiger partial charge in [0.1, 0.15) is 0 Å². The maximum atomic E-state index is 5.95. The molecule has 0 aliphatic carbocycles. The van der Waals surface area contributed by atoms with Gasteiger partial charge in [-0.3, -0.25) is 0 Å². The number of nitrogen functional groups attached to an aromatic ring is 1. The lowest BCUT2D eigenvalue weighted by atomic mass is 10.0. The molecule has 1 heterocycles. The zero-order valence-electron chi connectivity index (χ0n) is 9.42. The van der Waals surface area contributed by atoms with Crippen LogP contribution in [0.25, 0.3) is 0 Å². The Morgan fingerprint density at radius 3 is 3.00 bits per heavy atom. The van der Waals surface area contributed by atoms with E-state index in [1.165, 1.54) is 0 Å². The Morgan fingerprint density at radius 1 is 1.56 bits per heavy atom. The van der Waals surface area contributed by atoms with Crippen molar-refractivity contribution in [2.75, 3.05) is 18.9 Å². The van der Waals surface area contributed by atoms with Gasteiger partial charge in [0.15, 0.2) is 0 Å². The smallest absolute Gasteiger partial charge is 0.0646 e. The molecule has 0 amide bonds.